The number of amides is 1. The summed E-state index contributed by atoms with van der Waals surface area (Å²) in [5.74, 6) is 0.331. The van der Waals surface area contributed by atoms with Crippen LogP contribution in [0.3, 0.4) is 0 Å². The van der Waals surface area contributed by atoms with E-state index < -0.39 is 0 Å². The zero-order valence-corrected chi connectivity index (χ0v) is 7.18. The average molecular weight is 153 g/mol. The van der Waals surface area contributed by atoms with Crippen molar-refractivity contribution >= 4 is 5.91 Å². The molecule has 0 saturated carbocycles. The smallest absolute Gasteiger partial charge is 0.223 e. The highest BCUT2D eigenvalue weighted by Crippen LogP contribution is 2.26. The van der Waals surface area contributed by atoms with Crippen LogP contribution in [0, 0.1) is 5.92 Å². The maximum atomic E-state index is 11.2. The Morgan fingerprint density at radius 2 is 2.45 bits per heavy atom. The fourth-order valence-corrected chi connectivity index (χ4v) is 1.59. The first-order valence-electron chi connectivity index (χ1n) is 3.98. The molecule has 1 fully saturated rings. The summed E-state index contributed by atoms with van der Waals surface area (Å²) in [6.45, 7) is 7.73. The zero-order valence-electron chi connectivity index (χ0n) is 7.18. The fraction of sp³-hybridized carbons (Fsp3) is 0.667. The molecule has 2 heteroatoms. The predicted molar refractivity (Wildman–Crippen MR) is 45.1 cm³/mol. The van der Waals surface area contributed by atoms with E-state index in [1.807, 2.05) is 19.9 Å². The van der Waals surface area contributed by atoms with Crippen LogP contribution in [0.4, 0.5) is 0 Å². The van der Waals surface area contributed by atoms with Crippen LogP contribution in [0.5, 0.6) is 0 Å². The van der Waals surface area contributed by atoms with Gasteiger partial charge in [0, 0.05) is 11.5 Å². The van der Waals surface area contributed by atoms with Gasteiger partial charge in [-0.3, -0.25) is 4.79 Å². The third-order valence-electron chi connectivity index (χ3n) is 2.04. The van der Waals surface area contributed by atoms with E-state index in [9.17, 15) is 4.79 Å². The Hall–Kier alpha value is -0.790. The highest BCUT2D eigenvalue weighted by atomic mass is 16.2. The minimum atomic E-state index is -0.00917. The first-order chi connectivity index (χ1) is 5.05. The van der Waals surface area contributed by atoms with Gasteiger partial charge in [0.25, 0.3) is 0 Å². The molecule has 0 aliphatic carbocycles. The van der Waals surface area contributed by atoms with E-state index in [0.29, 0.717) is 0 Å². The molecule has 2 nitrogen and oxygen atoms in total. The van der Waals surface area contributed by atoms with Gasteiger partial charge in [0.15, 0.2) is 0 Å². The summed E-state index contributed by atoms with van der Waals surface area (Å²) >= 11 is 0. The predicted octanol–water partition coefficient (Wildman–Crippen LogP) is 1.48. The Balaban J connectivity index is 2.59. The van der Waals surface area contributed by atoms with Crippen molar-refractivity contribution in [3.05, 3.63) is 12.7 Å². The molecule has 1 rings (SSSR count). The summed E-state index contributed by atoms with van der Waals surface area (Å²) in [4.78, 5) is 11.2. The van der Waals surface area contributed by atoms with E-state index in [4.69, 9.17) is 0 Å². The molecule has 1 aliphatic rings. The molecule has 1 atom stereocenters. The second-order valence-corrected chi connectivity index (χ2v) is 3.80. The summed E-state index contributed by atoms with van der Waals surface area (Å²) in [6, 6.07) is 0. The Morgan fingerprint density at radius 1 is 1.82 bits per heavy atom. The molecule has 0 bridgehead atoms. The van der Waals surface area contributed by atoms with Gasteiger partial charge < -0.3 is 5.32 Å². The van der Waals surface area contributed by atoms with Crippen molar-refractivity contribution in [3.63, 3.8) is 0 Å². The van der Waals surface area contributed by atoms with Crippen molar-refractivity contribution in [2.45, 2.75) is 32.2 Å². The van der Waals surface area contributed by atoms with Gasteiger partial charge in [-0.2, -0.15) is 0 Å². The Morgan fingerprint density at radius 3 is 2.82 bits per heavy atom. The molecule has 0 spiro atoms. The van der Waals surface area contributed by atoms with Crippen LogP contribution in [0.15, 0.2) is 12.7 Å². The van der Waals surface area contributed by atoms with Gasteiger partial charge in [0.2, 0.25) is 5.91 Å². The summed E-state index contributed by atoms with van der Waals surface area (Å²) < 4.78 is 0. The van der Waals surface area contributed by atoms with Gasteiger partial charge in [0.1, 0.15) is 0 Å². The van der Waals surface area contributed by atoms with E-state index in [1.165, 1.54) is 0 Å². The summed E-state index contributed by atoms with van der Waals surface area (Å²) in [5, 5.41) is 2.94. The van der Waals surface area contributed by atoms with Gasteiger partial charge in [-0.15, -0.1) is 6.58 Å². The van der Waals surface area contributed by atoms with Gasteiger partial charge in [-0.1, -0.05) is 6.08 Å². The number of hydrogen-bond acceptors (Lipinski definition) is 1. The maximum Gasteiger partial charge on any atom is 0.223 e. The van der Waals surface area contributed by atoms with Gasteiger partial charge in [-0.25, -0.2) is 0 Å². The van der Waals surface area contributed by atoms with Crippen LogP contribution in [0.1, 0.15) is 26.7 Å². The molecule has 1 saturated heterocycles. The summed E-state index contributed by atoms with van der Waals surface area (Å²) in [6.07, 6.45) is 3.54. The van der Waals surface area contributed by atoms with Crippen molar-refractivity contribution < 1.29 is 4.79 Å². The van der Waals surface area contributed by atoms with Crippen LogP contribution < -0.4 is 5.32 Å². The topological polar surface area (TPSA) is 29.1 Å². The van der Waals surface area contributed by atoms with Crippen LogP contribution in [-0.4, -0.2) is 11.4 Å². The third-order valence-corrected chi connectivity index (χ3v) is 2.04. The summed E-state index contributed by atoms with van der Waals surface area (Å²) in [7, 11) is 0. The van der Waals surface area contributed by atoms with Crippen LogP contribution in [0.25, 0.3) is 0 Å². The standard InChI is InChI=1S/C9H15NO/c1-4-5-7-6-9(2,3)10-8(7)11/h4,7H,1,5-6H2,2-3H3,(H,10,11). The molecular weight excluding hydrogens is 138 g/mol. The lowest BCUT2D eigenvalue weighted by Gasteiger charge is -2.16. The molecule has 0 aromatic carbocycles. The third kappa shape index (κ3) is 1.82. The van der Waals surface area contributed by atoms with Crippen LogP contribution >= 0.6 is 0 Å². The van der Waals surface area contributed by atoms with Crippen molar-refractivity contribution in [3.8, 4) is 0 Å². The summed E-state index contributed by atoms with van der Waals surface area (Å²) in [5.41, 5.74) is -0.00917. The minimum Gasteiger partial charge on any atom is -0.351 e. The van der Waals surface area contributed by atoms with Gasteiger partial charge in [0.05, 0.1) is 0 Å². The number of hydrogen-bond donors (Lipinski definition) is 1. The maximum absolute atomic E-state index is 11.2. The van der Waals surface area contributed by atoms with Gasteiger partial charge >= 0.3 is 0 Å². The van der Waals surface area contributed by atoms with Crippen molar-refractivity contribution in [1.82, 2.24) is 5.32 Å². The van der Waals surface area contributed by atoms with E-state index in [0.717, 1.165) is 12.8 Å². The highest BCUT2D eigenvalue weighted by Gasteiger charge is 2.35. The molecule has 1 heterocycles. The fourth-order valence-electron chi connectivity index (χ4n) is 1.59. The number of nitrogens with one attached hydrogen (secondary N) is 1. The van der Waals surface area contributed by atoms with E-state index >= 15 is 0 Å². The first-order valence-corrected chi connectivity index (χ1v) is 3.98. The first kappa shape index (κ1) is 8.31. The Bertz CT molecular complexity index is 184. The molecule has 62 valence electrons. The Labute approximate surface area is 67.7 Å². The number of carbonyl (C=O) groups excluding carboxylic acids is 1. The van der Waals surface area contributed by atoms with Crippen LogP contribution in [-0.2, 0) is 4.79 Å². The lowest BCUT2D eigenvalue weighted by molar-refractivity contribution is -0.122. The molecular formula is C9H15NO. The molecule has 1 aliphatic heterocycles. The zero-order chi connectivity index (χ0) is 8.48. The second kappa shape index (κ2) is 2.68. The molecule has 11 heavy (non-hydrogen) atoms. The Kier molecular flexibility index (Phi) is 2.03. The van der Waals surface area contributed by atoms with E-state index in [1.54, 1.807) is 0 Å². The molecule has 1 unspecified atom stereocenters. The minimum absolute atomic E-state index is 0.00917. The molecule has 1 amide bonds. The monoisotopic (exact) mass is 153 g/mol. The van der Waals surface area contributed by atoms with Crippen molar-refractivity contribution in [1.29, 1.82) is 0 Å². The van der Waals surface area contributed by atoms with Crippen molar-refractivity contribution in [2.75, 3.05) is 0 Å². The highest BCUT2D eigenvalue weighted by molar-refractivity contribution is 5.82. The molecule has 1 N–H and O–H groups in total. The van der Waals surface area contributed by atoms with E-state index in [2.05, 4.69) is 11.9 Å². The average Bonchev–Trinajstić information content (AvgIpc) is 2.07. The molecule has 0 radical (unpaired) electrons. The van der Waals surface area contributed by atoms with Crippen LogP contribution in [0.2, 0.25) is 0 Å². The number of carbonyl (C=O) groups is 1. The number of rotatable bonds is 2. The van der Waals surface area contributed by atoms with E-state index in [-0.39, 0.29) is 17.4 Å². The molecule has 0 aromatic rings. The largest absolute Gasteiger partial charge is 0.351 e. The lowest BCUT2D eigenvalue weighted by atomic mass is 9.95. The quantitative estimate of drug-likeness (QED) is 0.598. The SMILES string of the molecule is C=CCC1CC(C)(C)NC1=O. The normalized spacial score (nSPS) is 28.2. The lowest BCUT2D eigenvalue weighted by Crippen LogP contribution is -2.34. The van der Waals surface area contributed by atoms with Crippen molar-refractivity contribution in [2.24, 2.45) is 5.92 Å². The molecule has 0 aromatic heterocycles. The number of allylic oxidation sites excluding steroid dienone is 1. The van der Waals surface area contributed by atoms with Gasteiger partial charge in [-0.05, 0) is 26.7 Å². The second-order valence-electron chi connectivity index (χ2n) is 3.80.